The highest BCUT2D eigenvalue weighted by Crippen LogP contribution is 2.25. The fraction of sp³-hybridized carbons (Fsp3) is 0.182. The molecule has 100 valence electrons. The minimum absolute atomic E-state index is 0.475. The number of H-pyrrole nitrogens is 1. The van der Waals surface area contributed by atoms with Gasteiger partial charge in [0, 0.05) is 12.0 Å². The second-order valence-corrected chi connectivity index (χ2v) is 4.40. The fourth-order valence-corrected chi connectivity index (χ4v) is 1.75. The molecule has 0 spiro atoms. The number of benzene rings is 1. The molecule has 0 bridgehead atoms. The van der Waals surface area contributed by atoms with Gasteiger partial charge >= 0.3 is 0 Å². The van der Waals surface area contributed by atoms with Gasteiger partial charge in [-0.15, -0.1) is 10.2 Å². The van der Waals surface area contributed by atoms with Crippen molar-refractivity contribution in [3.8, 4) is 0 Å². The van der Waals surface area contributed by atoms with E-state index in [0.29, 0.717) is 22.3 Å². The minimum atomic E-state index is 0.475. The summed E-state index contributed by atoms with van der Waals surface area (Å²) >= 11 is 11.9. The number of aromatic amines is 1. The zero-order chi connectivity index (χ0) is 13.7. The molecule has 0 aliphatic heterocycles. The van der Waals surface area contributed by atoms with E-state index in [1.807, 2.05) is 12.1 Å². The Morgan fingerprint density at radius 1 is 1.42 bits per heavy atom. The maximum atomic E-state index is 5.99. The van der Waals surface area contributed by atoms with Crippen LogP contribution >= 0.6 is 23.2 Å². The fourth-order valence-electron chi connectivity index (χ4n) is 1.45. The Kier molecular flexibility index (Phi) is 4.73. The zero-order valence-electron chi connectivity index (χ0n) is 10.0. The standard InChI is InChI=1S/C11H11Cl2N5O/c1-19-16-10(4-5-11-14-17-18-15-11)7-2-3-8(12)9(13)6-7/h2-4,6,16H,5H2,1H3,(H,14,15,17,18)/b10-4-. The van der Waals surface area contributed by atoms with Gasteiger partial charge in [-0.05, 0) is 12.1 Å². The van der Waals surface area contributed by atoms with Crippen LogP contribution in [-0.4, -0.2) is 27.7 Å². The molecular formula is C11H11Cl2N5O. The molecule has 2 rings (SSSR count). The molecule has 2 N–H and O–H groups in total. The van der Waals surface area contributed by atoms with Gasteiger partial charge in [0.25, 0.3) is 0 Å². The first-order valence-electron chi connectivity index (χ1n) is 5.37. The third kappa shape index (κ3) is 3.66. The van der Waals surface area contributed by atoms with Crippen molar-refractivity contribution >= 4 is 28.9 Å². The molecule has 0 amide bonds. The highest BCUT2D eigenvalue weighted by Gasteiger charge is 2.05. The number of rotatable bonds is 5. The van der Waals surface area contributed by atoms with Gasteiger partial charge in [0.2, 0.25) is 0 Å². The van der Waals surface area contributed by atoms with Crippen molar-refractivity contribution in [3.63, 3.8) is 0 Å². The number of hydrogen-bond acceptors (Lipinski definition) is 5. The van der Waals surface area contributed by atoms with E-state index in [9.17, 15) is 0 Å². The molecule has 0 aliphatic rings. The van der Waals surface area contributed by atoms with Crippen molar-refractivity contribution < 1.29 is 4.84 Å². The number of tetrazole rings is 1. The lowest BCUT2D eigenvalue weighted by Gasteiger charge is -2.09. The summed E-state index contributed by atoms with van der Waals surface area (Å²) in [4.78, 5) is 4.94. The van der Waals surface area contributed by atoms with Gasteiger partial charge in [0.05, 0.1) is 22.9 Å². The molecule has 0 fully saturated rings. The number of nitrogens with zero attached hydrogens (tertiary/aromatic N) is 3. The first-order valence-corrected chi connectivity index (χ1v) is 6.13. The normalized spacial score (nSPS) is 11.6. The molecule has 0 saturated heterocycles. The molecule has 19 heavy (non-hydrogen) atoms. The van der Waals surface area contributed by atoms with Crippen LogP contribution in [-0.2, 0) is 11.3 Å². The first-order chi connectivity index (χ1) is 9.20. The number of halogens is 2. The van der Waals surface area contributed by atoms with Gasteiger partial charge in [-0.25, -0.2) is 0 Å². The van der Waals surface area contributed by atoms with Crippen LogP contribution in [0, 0.1) is 0 Å². The van der Waals surface area contributed by atoms with Crippen molar-refractivity contribution in [1.29, 1.82) is 0 Å². The van der Waals surface area contributed by atoms with Crippen LogP contribution < -0.4 is 5.48 Å². The summed E-state index contributed by atoms with van der Waals surface area (Å²) in [6, 6.07) is 5.30. The van der Waals surface area contributed by atoms with Gasteiger partial charge in [-0.3, -0.25) is 10.3 Å². The Balaban J connectivity index is 2.23. The first kappa shape index (κ1) is 13.8. The maximum absolute atomic E-state index is 5.99. The van der Waals surface area contributed by atoms with Crippen LogP contribution in [0.1, 0.15) is 11.4 Å². The highest BCUT2D eigenvalue weighted by molar-refractivity contribution is 6.42. The lowest BCUT2D eigenvalue weighted by Crippen LogP contribution is -2.10. The molecular weight excluding hydrogens is 289 g/mol. The SMILES string of the molecule is CON/C(=C\Cc1nn[nH]n1)c1ccc(Cl)c(Cl)c1. The van der Waals surface area contributed by atoms with Crippen LogP contribution in [0.4, 0.5) is 0 Å². The Morgan fingerprint density at radius 2 is 2.26 bits per heavy atom. The predicted molar refractivity (Wildman–Crippen MR) is 72.5 cm³/mol. The number of hydroxylamine groups is 1. The third-order valence-electron chi connectivity index (χ3n) is 2.32. The van der Waals surface area contributed by atoms with E-state index in [1.165, 1.54) is 7.11 Å². The molecule has 0 radical (unpaired) electrons. The summed E-state index contributed by atoms with van der Waals surface area (Å²) in [5.41, 5.74) is 4.37. The van der Waals surface area contributed by atoms with Crippen LogP contribution in [0.15, 0.2) is 24.3 Å². The summed E-state index contributed by atoms with van der Waals surface area (Å²) in [6.07, 6.45) is 2.37. The zero-order valence-corrected chi connectivity index (χ0v) is 11.5. The maximum Gasteiger partial charge on any atom is 0.178 e. The van der Waals surface area contributed by atoms with E-state index in [-0.39, 0.29) is 0 Å². The van der Waals surface area contributed by atoms with E-state index in [4.69, 9.17) is 28.0 Å². The van der Waals surface area contributed by atoms with Crippen LogP contribution in [0.3, 0.4) is 0 Å². The summed E-state index contributed by atoms with van der Waals surface area (Å²) in [5.74, 6) is 0.579. The Hall–Kier alpha value is -1.63. The topological polar surface area (TPSA) is 75.7 Å². The van der Waals surface area contributed by atoms with Gasteiger partial charge in [-0.2, -0.15) is 5.21 Å². The van der Waals surface area contributed by atoms with Crippen LogP contribution in [0.5, 0.6) is 0 Å². The Bertz CT molecular complexity index is 570. The lowest BCUT2D eigenvalue weighted by molar-refractivity contribution is 0.136. The second kappa shape index (κ2) is 6.51. The number of aromatic nitrogens is 4. The summed E-state index contributed by atoms with van der Waals surface area (Å²) in [7, 11) is 1.53. The van der Waals surface area contributed by atoms with Crippen molar-refractivity contribution in [1.82, 2.24) is 26.1 Å². The summed E-state index contributed by atoms with van der Waals surface area (Å²) in [6.45, 7) is 0. The third-order valence-corrected chi connectivity index (χ3v) is 3.06. The summed E-state index contributed by atoms with van der Waals surface area (Å²) in [5, 5.41) is 14.6. The van der Waals surface area contributed by atoms with E-state index in [2.05, 4.69) is 26.1 Å². The molecule has 1 aromatic heterocycles. The molecule has 0 saturated carbocycles. The Labute approximate surface area is 119 Å². The number of allylic oxidation sites excluding steroid dienone is 1. The largest absolute Gasteiger partial charge is 0.279 e. The second-order valence-electron chi connectivity index (χ2n) is 3.59. The lowest BCUT2D eigenvalue weighted by atomic mass is 10.1. The van der Waals surface area contributed by atoms with Crippen molar-refractivity contribution in [3.05, 3.63) is 45.7 Å². The predicted octanol–water partition coefficient (Wildman–Crippen LogP) is 2.24. The Morgan fingerprint density at radius 3 is 2.89 bits per heavy atom. The average molecular weight is 300 g/mol. The molecule has 2 aromatic rings. The van der Waals surface area contributed by atoms with E-state index in [0.717, 1.165) is 11.3 Å². The van der Waals surface area contributed by atoms with Crippen molar-refractivity contribution in [2.45, 2.75) is 6.42 Å². The highest BCUT2D eigenvalue weighted by atomic mass is 35.5. The quantitative estimate of drug-likeness (QED) is 0.828. The monoisotopic (exact) mass is 299 g/mol. The molecule has 0 unspecified atom stereocenters. The minimum Gasteiger partial charge on any atom is -0.279 e. The smallest absolute Gasteiger partial charge is 0.178 e. The van der Waals surface area contributed by atoms with Gasteiger partial charge in [0.15, 0.2) is 5.82 Å². The van der Waals surface area contributed by atoms with Crippen LogP contribution in [0.2, 0.25) is 10.0 Å². The molecule has 0 aliphatic carbocycles. The molecule has 6 nitrogen and oxygen atoms in total. The van der Waals surface area contributed by atoms with E-state index >= 15 is 0 Å². The van der Waals surface area contributed by atoms with E-state index in [1.54, 1.807) is 12.1 Å². The van der Waals surface area contributed by atoms with Crippen molar-refractivity contribution in [2.24, 2.45) is 0 Å². The molecule has 1 aromatic carbocycles. The van der Waals surface area contributed by atoms with Crippen molar-refractivity contribution in [2.75, 3.05) is 7.11 Å². The molecule has 8 heteroatoms. The van der Waals surface area contributed by atoms with Gasteiger partial charge in [-0.1, -0.05) is 40.6 Å². The molecule has 0 atom stereocenters. The number of nitrogens with one attached hydrogen (secondary N) is 2. The summed E-state index contributed by atoms with van der Waals surface area (Å²) < 4.78 is 0. The number of hydrogen-bond donors (Lipinski definition) is 2. The van der Waals surface area contributed by atoms with Crippen LogP contribution in [0.25, 0.3) is 5.70 Å². The van der Waals surface area contributed by atoms with E-state index < -0.39 is 0 Å². The molecule has 1 heterocycles. The van der Waals surface area contributed by atoms with Gasteiger partial charge in [0.1, 0.15) is 0 Å². The average Bonchev–Trinajstić information content (AvgIpc) is 2.91. The van der Waals surface area contributed by atoms with Gasteiger partial charge < -0.3 is 0 Å².